The first-order valence-electron chi connectivity index (χ1n) is 8.53. The Morgan fingerprint density at radius 2 is 2.19 bits per heavy atom. The van der Waals surface area contributed by atoms with Crippen molar-refractivity contribution in [3.8, 4) is 0 Å². The van der Waals surface area contributed by atoms with Crippen LogP contribution in [-0.4, -0.2) is 40.7 Å². The van der Waals surface area contributed by atoms with E-state index < -0.39 is 0 Å². The second kappa shape index (κ2) is 7.51. The van der Waals surface area contributed by atoms with Crippen LogP contribution in [0.2, 0.25) is 0 Å². The Balaban J connectivity index is 0.00000196. The number of para-hydroxylation sites is 1. The highest BCUT2D eigenvalue weighted by molar-refractivity contribution is 5.85. The fourth-order valence-corrected chi connectivity index (χ4v) is 3.63. The molecule has 3 aromatic rings. The average molecular weight is 375 g/mol. The van der Waals surface area contributed by atoms with Crippen molar-refractivity contribution in [2.75, 3.05) is 20.1 Å². The molecule has 1 aliphatic rings. The maximum absolute atomic E-state index is 13.0. The molecular weight excluding hydrogens is 352 g/mol. The number of carbonyl (C=O) groups is 1. The second-order valence-electron chi connectivity index (χ2n) is 6.76. The number of fused-ring (bicyclic) bond motifs is 1. The number of hydrogen-bond donors (Lipinski definition) is 1. The van der Waals surface area contributed by atoms with Crippen LogP contribution in [0, 0.1) is 5.92 Å². The number of rotatable bonds is 4. The fraction of sp³-hybridized carbons (Fsp3) is 0.368. The summed E-state index contributed by atoms with van der Waals surface area (Å²) in [4.78, 5) is 14.7. The molecule has 6 nitrogen and oxygen atoms in total. The van der Waals surface area contributed by atoms with Gasteiger partial charge in [-0.15, -0.1) is 12.4 Å². The van der Waals surface area contributed by atoms with Gasteiger partial charge < -0.3 is 14.6 Å². The van der Waals surface area contributed by atoms with Gasteiger partial charge in [-0.1, -0.05) is 18.2 Å². The monoisotopic (exact) mass is 374 g/mol. The van der Waals surface area contributed by atoms with Crippen molar-refractivity contribution in [3.05, 3.63) is 54.0 Å². The number of aromatic nitrogens is 2. The van der Waals surface area contributed by atoms with Gasteiger partial charge in [0.15, 0.2) is 0 Å². The molecule has 1 saturated heterocycles. The van der Waals surface area contributed by atoms with E-state index in [9.17, 15) is 4.79 Å². The van der Waals surface area contributed by atoms with Crippen molar-refractivity contribution < 1.29 is 9.21 Å². The highest BCUT2D eigenvalue weighted by Crippen LogP contribution is 2.29. The highest BCUT2D eigenvalue weighted by atomic mass is 35.5. The lowest BCUT2D eigenvalue weighted by molar-refractivity contribution is -0.134. The molecule has 138 valence electrons. The van der Waals surface area contributed by atoms with Crippen LogP contribution in [0.5, 0.6) is 0 Å². The summed E-state index contributed by atoms with van der Waals surface area (Å²) >= 11 is 0. The first kappa shape index (κ1) is 18.5. The minimum Gasteiger partial charge on any atom is -0.459 e. The average Bonchev–Trinajstić information content (AvgIpc) is 3.31. The van der Waals surface area contributed by atoms with Crippen molar-refractivity contribution >= 4 is 29.3 Å². The third kappa shape index (κ3) is 3.48. The highest BCUT2D eigenvalue weighted by Gasteiger charge is 2.36. The summed E-state index contributed by atoms with van der Waals surface area (Å²) < 4.78 is 7.63. The van der Waals surface area contributed by atoms with Gasteiger partial charge in [0, 0.05) is 44.7 Å². The molecule has 7 heteroatoms. The van der Waals surface area contributed by atoms with Crippen LogP contribution in [0.25, 0.3) is 11.0 Å². The van der Waals surface area contributed by atoms with E-state index in [0.29, 0.717) is 13.1 Å². The van der Waals surface area contributed by atoms with E-state index in [1.807, 2.05) is 56.8 Å². The topological polar surface area (TPSA) is 63.3 Å². The number of nitrogens with zero attached hydrogens (tertiary/aromatic N) is 3. The molecule has 0 spiro atoms. The van der Waals surface area contributed by atoms with Gasteiger partial charge in [-0.3, -0.25) is 9.48 Å². The van der Waals surface area contributed by atoms with E-state index in [1.165, 1.54) is 0 Å². The summed E-state index contributed by atoms with van der Waals surface area (Å²) in [5.41, 5.74) is 1.97. The van der Waals surface area contributed by atoms with Gasteiger partial charge in [0.25, 0.3) is 0 Å². The van der Waals surface area contributed by atoms with Crippen LogP contribution in [0.1, 0.15) is 17.2 Å². The van der Waals surface area contributed by atoms with Crippen molar-refractivity contribution in [1.29, 1.82) is 0 Å². The molecule has 2 aromatic heterocycles. The predicted molar refractivity (Wildman–Crippen MR) is 102 cm³/mol. The summed E-state index contributed by atoms with van der Waals surface area (Å²) in [7, 11) is 3.74. The number of hydrogen-bond acceptors (Lipinski definition) is 4. The molecule has 2 atom stereocenters. The van der Waals surface area contributed by atoms with Gasteiger partial charge >= 0.3 is 0 Å². The smallest absolute Gasteiger partial charge is 0.227 e. The van der Waals surface area contributed by atoms with E-state index in [1.54, 1.807) is 9.58 Å². The molecular formula is C19H23ClN4O2. The van der Waals surface area contributed by atoms with Crippen LogP contribution < -0.4 is 5.32 Å². The molecule has 26 heavy (non-hydrogen) atoms. The van der Waals surface area contributed by atoms with Gasteiger partial charge in [-0.25, -0.2) is 0 Å². The van der Waals surface area contributed by atoms with E-state index in [0.717, 1.165) is 28.8 Å². The quantitative estimate of drug-likeness (QED) is 0.762. The minimum atomic E-state index is -0.0708. The van der Waals surface area contributed by atoms with Crippen molar-refractivity contribution in [2.45, 2.75) is 12.5 Å². The number of aryl methyl sites for hydroxylation is 1. The molecule has 4 rings (SSSR count). The van der Waals surface area contributed by atoms with Crippen LogP contribution in [0.15, 0.2) is 47.1 Å². The Morgan fingerprint density at radius 3 is 2.92 bits per heavy atom. The molecule has 0 saturated carbocycles. The molecule has 1 aromatic carbocycles. The number of amides is 1. The third-order valence-electron chi connectivity index (χ3n) is 4.93. The normalized spacial score (nSPS) is 19.5. The lowest BCUT2D eigenvalue weighted by Gasteiger charge is -2.23. The summed E-state index contributed by atoms with van der Waals surface area (Å²) in [6, 6.07) is 9.90. The Morgan fingerprint density at radius 1 is 1.38 bits per heavy atom. The second-order valence-corrected chi connectivity index (χ2v) is 6.76. The van der Waals surface area contributed by atoms with Crippen LogP contribution in [0.4, 0.5) is 0 Å². The maximum atomic E-state index is 13.0. The van der Waals surface area contributed by atoms with Crippen molar-refractivity contribution in [3.63, 3.8) is 0 Å². The zero-order chi connectivity index (χ0) is 17.4. The van der Waals surface area contributed by atoms with E-state index in [4.69, 9.17) is 4.42 Å². The summed E-state index contributed by atoms with van der Waals surface area (Å²) in [5.74, 6) is 1.04. The van der Waals surface area contributed by atoms with Crippen LogP contribution in [0.3, 0.4) is 0 Å². The zero-order valence-electron chi connectivity index (χ0n) is 14.9. The number of carbonyl (C=O) groups excluding carboxylic acids is 1. The van der Waals surface area contributed by atoms with Crippen LogP contribution in [-0.2, 0) is 18.4 Å². The van der Waals surface area contributed by atoms with Crippen molar-refractivity contribution in [1.82, 2.24) is 20.0 Å². The van der Waals surface area contributed by atoms with E-state index >= 15 is 0 Å². The number of nitrogens with one attached hydrogen (secondary N) is 1. The SMILES string of the molecule is CN(Cc1cc2ccccc2o1)C(=O)[C@H]1CNC[C@@H]1c1cnn(C)c1.Cl. The van der Waals surface area contributed by atoms with Gasteiger partial charge in [-0.05, 0) is 17.7 Å². The number of halogens is 1. The van der Waals surface area contributed by atoms with E-state index in [-0.39, 0.29) is 30.2 Å². The summed E-state index contributed by atoms with van der Waals surface area (Å²) in [6.45, 7) is 1.98. The maximum Gasteiger partial charge on any atom is 0.227 e. The summed E-state index contributed by atoms with van der Waals surface area (Å²) in [6.07, 6.45) is 3.86. The number of furan rings is 1. The fourth-order valence-electron chi connectivity index (χ4n) is 3.63. The first-order chi connectivity index (χ1) is 12.1. The Labute approximate surface area is 158 Å². The molecule has 1 fully saturated rings. The van der Waals surface area contributed by atoms with Gasteiger partial charge in [0.05, 0.1) is 18.7 Å². The summed E-state index contributed by atoms with van der Waals surface area (Å²) in [5, 5.41) is 8.65. The van der Waals surface area contributed by atoms with Crippen LogP contribution >= 0.6 is 12.4 Å². The third-order valence-corrected chi connectivity index (χ3v) is 4.93. The van der Waals surface area contributed by atoms with Gasteiger partial charge in [0.1, 0.15) is 11.3 Å². The molecule has 1 amide bonds. The molecule has 0 bridgehead atoms. The Bertz CT molecular complexity index is 871. The number of benzene rings is 1. The molecule has 0 unspecified atom stereocenters. The Hall–Kier alpha value is -2.31. The lowest BCUT2D eigenvalue weighted by Crippen LogP contribution is -2.35. The Kier molecular flexibility index (Phi) is 5.34. The predicted octanol–water partition coefficient (Wildman–Crippen LogP) is 2.55. The molecule has 0 radical (unpaired) electrons. The zero-order valence-corrected chi connectivity index (χ0v) is 15.7. The molecule has 1 aliphatic heterocycles. The minimum absolute atomic E-state index is 0. The largest absolute Gasteiger partial charge is 0.459 e. The molecule has 3 heterocycles. The van der Waals surface area contributed by atoms with Crippen molar-refractivity contribution in [2.24, 2.45) is 13.0 Å². The van der Waals surface area contributed by atoms with Gasteiger partial charge in [0.2, 0.25) is 5.91 Å². The standard InChI is InChI=1S/C19H22N4O2.ClH/c1-22(12-15-7-13-5-3-4-6-18(13)25-15)19(24)17-10-20-9-16(17)14-8-21-23(2)11-14;/h3-8,11,16-17,20H,9-10,12H2,1-2H3;1H/t16-,17+;/m1./s1. The van der Waals surface area contributed by atoms with Gasteiger partial charge in [-0.2, -0.15) is 5.10 Å². The lowest BCUT2D eigenvalue weighted by atomic mass is 9.90. The molecule has 0 aliphatic carbocycles. The first-order valence-corrected chi connectivity index (χ1v) is 8.53. The van der Waals surface area contributed by atoms with E-state index in [2.05, 4.69) is 10.4 Å². The molecule has 1 N–H and O–H groups in total.